The van der Waals surface area contributed by atoms with Crippen LogP contribution in [0.15, 0.2) is 60.8 Å². The number of nitrogens with zero attached hydrogens (tertiary/aromatic N) is 2. The molecule has 0 saturated carbocycles. The van der Waals surface area contributed by atoms with Crippen molar-refractivity contribution in [2.75, 3.05) is 0 Å². The number of aryl methyl sites for hydroxylation is 1. The summed E-state index contributed by atoms with van der Waals surface area (Å²) in [5.41, 5.74) is 5.81. The molecule has 138 valence electrons. The van der Waals surface area contributed by atoms with Gasteiger partial charge in [-0.1, -0.05) is 12.1 Å². The number of pyridine rings is 1. The van der Waals surface area contributed by atoms with Crippen LogP contribution in [-0.4, -0.2) is 9.55 Å². The maximum Gasteiger partial charge on any atom is 0.123 e. The van der Waals surface area contributed by atoms with Crippen LogP contribution >= 0.6 is 12.4 Å². The van der Waals surface area contributed by atoms with Gasteiger partial charge in [0.1, 0.15) is 11.6 Å². The highest BCUT2D eigenvalue weighted by Gasteiger charge is 2.16. The number of rotatable bonds is 3. The number of aromatic nitrogens is 2. The van der Waals surface area contributed by atoms with Crippen molar-refractivity contribution in [1.82, 2.24) is 9.55 Å². The first-order valence-corrected chi connectivity index (χ1v) is 8.49. The molecule has 0 unspecified atom stereocenters. The second-order valence-electron chi connectivity index (χ2n) is 6.49. The summed E-state index contributed by atoms with van der Waals surface area (Å²) in [6.07, 6.45) is 1.78. The Bertz CT molecular complexity index is 1100. The van der Waals surface area contributed by atoms with Gasteiger partial charge in [0, 0.05) is 29.4 Å². The van der Waals surface area contributed by atoms with Gasteiger partial charge in [0.25, 0.3) is 0 Å². The summed E-state index contributed by atoms with van der Waals surface area (Å²) in [6, 6.07) is 15.0. The summed E-state index contributed by atoms with van der Waals surface area (Å²) in [6.45, 7) is 4.69. The lowest BCUT2D eigenvalue weighted by Crippen LogP contribution is -2.03. The zero-order chi connectivity index (χ0) is 18.3. The minimum Gasteiger partial charge on any atom is -0.338 e. The van der Waals surface area contributed by atoms with Gasteiger partial charge < -0.3 is 4.57 Å². The maximum atomic E-state index is 13.6. The number of benzene rings is 2. The number of hydrogen-bond donors (Lipinski definition) is 0. The lowest BCUT2D eigenvalue weighted by Gasteiger charge is -2.12. The van der Waals surface area contributed by atoms with E-state index in [2.05, 4.69) is 23.4 Å². The van der Waals surface area contributed by atoms with Gasteiger partial charge in [0.2, 0.25) is 0 Å². The second kappa shape index (κ2) is 7.49. The predicted molar refractivity (Wildman–Crippen MR) is 107 cm³/mol. The second-order valence-corrected chi connectivity index (χ2v) is 6.49. The van der Waals surface area contributed by atoms with Crippen molar-refractivity contribution in [3.05, 3.63) is 89.2 Å². The fourth-order valence-electron chi connectivity index (χ4n) is 3.43. The summed E-state index contributed by atoms with van der Waals surface area (Å²) >= 11 is 0. The molecule has 2 aromatic carbocycles. The molecular weight excluding hydrogens is 366 g/mol. The summed E-state index contributed by atoms with van der Waals surface area (Å²) in [4.78, 5) is 4.56. The Labute approximate surface area is 162 Å². The van der Waals surface area contributed by atoms with Gasteiger partial charge in [0.05, 0.1) is 11.2 Å². The molecule has 0 aliphatic rings. The molecule has 0 bridgehead atoms. The van der Waals surface area contributed by atoms with Crippen molar-refractivity contribution in [3.63, 3.8) is 0 Å². The van der Waals surface area contributed by atoms with E-state index in [0.29, 0.717) is 6.54 Å². The van der Waals surface area contributed by atoms with Crippen LogP contribution in [0.3, 0.4) is 0 Å². The Balaban J connectivity index is 0.00000210. The first kappa shape index (κ1) is 19.1. The van der Waals surface area contributed by atoms with Crippen LogP contribution in [0.5, 0.6) is 0 Å². The molecule has 0 aliphatic heterocycles. The molecule has 0 aliphatic carbocycles. The van der Waals surface area contributed by atoms with E-state index in [1.54, 1.807) is 30.5 Å². The van der Waals surface area contributed by atoms with Crippen molar-refractivity contribution in [1.29, 1.82) is 0 Å². The number of halogens is 3. The van der Waals surface area contributed by atoms with Crippen LogP contribution in [0.2, 0.25) is 0 Å². The molecule has 0 fully saturated rings. The lowest BCUT2D eigenvalue weighted by atomic mass is 10.1. The van der Waals surface area contributed by atoms with Crippen LogP contribution in [0.1, 0.15) is 16.8 Å². The molecule has 4 aromatic rings. The maximum absolute atomic E-state index is 13.6. The lowest BCUT2D eigenvalue weighted by molar-refractivity contribution is 0.623. The largest absolute Gasteiger partial charge is 0.338 e. The molecule has 2 nitrogen and oxygen atoms in total. The van der Waals surface area contributed by atoms with Crippen molar-refractivity contribution in [2.24, 2.45) is 0 Å². The summed E-state index contributed by atoms with van der Waals surface area (Å²) < 4.78 is 29.1. The Morgan fingerprint density at radius 3 is 2.37 bits per heavy atom. The van der Waals surface area contributed by atoms with E-state index in [-0.39, 0.29) is 24.0 Å². The monoisotopic (exact) mass is 384 g/mol. The van der Waals surface area contributed by atoms with E-state index in [9.17, 15) is 8.78 Å². The molecule has 0 amide bonds. The van der Waals surface area contributed by atoms with E-state index >= 15 is 0 Å². The third-order valence-corrected chi connectivity index (χ3v) is 4.89. The van der Waals surface area contributed by atoms with Gasteiger partial charge in [0.15, 0.2) is 0 Å². The highest BCUT2D eigenvalue weighted by molar-refractivity contribution is 5.95. The summed E-state index contributed by atoms with van der Waals surface area (Å²) in [7, 11) is 0. The normalized spacial score (nSPS) is 10.8. The standard InChI is InChI=1S/C22H18F2N2.ClH/c1-14-15(2)26(13-16-4-3-5-19(24)12-16)22-20(14)10-11-25-21(22)17-6-8-18(23)9-7-17;/h3-12H,13H2,1-2H3;1H. The van der Waals surface area contributed by atoms with E-state index < -0.39 is 0 Å². The number of hydrogen-bond acceptors (Lipinski definition) is 1. The summed E-state index contributed by atoms with van der Waals surface area (Å²) in [5, 5.41) is 1.10. The molecule has 0 saturated heterocycles. The van der Waals surface area contributed by atoms with Crippen molar-refractivity contribution in [2.45, 2.75) is 20.4 Å². The van der Waals surface area contributed by atoms with E-state index in [0.717, 1.165) is 33.4 Å². The van der Waals surface area contributed by atoms with Gasteiger partial charge in [-0.25, -0.2) is 8.78 Å². The molecule has 0 spiro atoms. The molecular formula is C22H19ClF2N2. The Kier molecular flexibility index (Phi) is 5.29. The van der Waals surface area contributed by atoms with Gasteiger partial charge in [-0.05, 0) is 67.4 Å². The Hall–Kier alpha value is -2.72. The van der Waals surface area contributed by atoms with Gasteiger partial charge in [-0.2, -0.15) is 0 Å². The smallest absolute Gasteiger partial charge is 0.123 e. The average molecular weight is 385 g/mol. The van der Waals surface area contributed by atoms with Crippen LogP contribution in [-0.2, 0) is 6.54 Å². The van der Waals surface area contributed by atoms with E-state index in [1.807, 2.05) is 12.1 Å². The minimum atomic E-state index is -0.275. The minimum absolute atomic E-state index is 0. The SMILES string of the molecule is Cc1c(C)n(Cc2cccc(F)c2)c2c(-c3ccc(F)cc3)nccc12.Cl. The highest BCUT2D eigenvalue weighted by atomic mass is 35.5. The van der Waals surface area contributed by atoms with Crippen molar-refractivity contribution >= 4 is 23.3 Å². The Morgan fingerprint density at radius 2 is 1.67 bits per heavy atom. The van der Waals surface area contributed by atoms with Gasteiger partial charge in [-0.3, -0.25) is 4.98 Å². The first-order chi connectivity index (χ1) is 12.5. The Morgan fingerprint density at radius 1 is 0.926 bits per heavy atom. The molecule has 5 heteroatoms. The van der Waals surface area contributed by atoms with Crippen molar-refractivity contribution < 1.29 is 8.78 Å². The quantitative estimate of drug-likeness (QED) is 0.419. The fraction of sp³-hybridized carbons (Fsp3) is 0.136. The number of fused-ring (bicyclic) bond motifs is 1. The zero-order valence-electron chi connectivity index (χ0n) is 15.0. The van der Waals surface area contributed by atoms with Crippen LogP contribution < -0.4 is 0 Å². The molecule has 0 atom stereocenters. The predicted octanol–water partition coefficient (Wildman–Crippen LogP) is 6.07. The van der Waals surface area contributed by atoms with Crippen LogP contribution in [0, 0.1) is 25.5 Å². The third-order valence-electron chi connectivity index (χ3n) is 4.89. The molecule has 0 N–H and O–H groups in total. The highest BCUT2D eigenvalue weighted by Crippen LogP contribution is 2.33. The van der Waals surface area contributed by atoms with E-state index in [4.69, 9.17) is 0 Å². The molecule has 0 radical (unpaired) electrons. The molecule has 2 aromatic heterocycles. The van der Waals surface area contributed by atoms with Crippen molar-refractivity contribution in [3.8, 4) is 11.3 Å². The van der Waals surface area contributed by atoms with Crippen LogP contribution in [0.4, 0.5) is 8.78 Å². The third kappa shape index (κ3) is 3.45. The molecule has 4 rings (SSSR count). The summed E-state index contributed by atoms with van der Waals surface area (Å²) in [5.74, 6) is -0.520. The fourth-order valence-corrected chi connectivity index (χ4v) is 3.43. The average Bonchev–Trinajstić information content (AvgIpc) is 2.88. The molecule has 27 heavy (non-hydrogen) atoms. The topological polar surface area (TPSA) is 17.8 Å². The first-order valence-electron chi connectivity index (χ1n) is 8.49. The van der Waals surface area contributed by atoms with Gasteiger partial charge >= 0.3 is 0 Å². The zero-order valence-corrected chi connectivity index (χ0v) is 15.9. The molecule has 2 heterocycles. The van der Waals surface area contributed by atoms with Crippen LogP contribution in [0.25, 0.3) is 22.2 Å². The van der Waals surface area contributed by atoms with E-state index in [1.165, 1.54) is 23.8 Å². The van der Waals surface area contributed by atoms with Gasteiger partial charge in [-0.15, -0.1) is 12.4 Å².